The van der Waals surface area contributed by atoms with E-state index < -0.39 is 22.5 Å². The van der Waals surface area contributed by atoms with Gasteiger partial charge >= 0.3 is 5.97 Å². The summed E-state index contributed by atoms with van der Waals surface area (Å²) in [6.07, 6.45) is 0. The lowest BCUT2D eigenvalue weighted by atomic mass is 10.3. The zero-order valence-electron chi connectivity index (χ0n) is 8.34. The van der Waals surface area contributed by atoms with Crippen molar-refractivity contribution >= 4 is 16.8 Å². The summed E-state index contributed by atoms with van der Waals surface area (Å²) in [7, 11) is -1.55. The predicted molar refractivity (Wildman–Crippen MR) is 56.3 cm³/mol. The summed E-state index contributed by atoms with van der Waals surface area (Å²) in [5.41, 5.74) is 0. The van der Waals surface area contributed by atoms with Crippen molar-refractivity contribution in [3.63, 3.8) is 0 Å². The van der Waals surface area contributed by atoms with Gasteiger partial charge in [0.1, 0.15) is 19.0 Å². The third-order valence-corrected chi connectivity index (χ3v) is 3.32. The van der Waals surface area contributed by atoms with Crippen LogP contribution in [-0.2, 0) is 15.6 Å². The van der Waals surface area contributed by atoms with Crippen LogP contribution in [0.4, 0.5) is 0 Å². The Morgan fingerprint density at radius 1 is 1.31 bits per heavy atom. The van der Waals surface area contributed by atoms with Gasteiger partial charge < -0.3 is 14.6 Å². The number of benzene rings is 1. The third-order valence-electron chi connectivity index (χ3n) is 2.03. The molecular formula is C10H10O5S. The Hall–Kier alpha value is -1.56. The number of ether oxygens (including phenoxy) is 2. The van der Waals surface area contributed by atoms with Crippen molar-refractivity contribution in [1.29, 1.82) is 0 Å². The Labute approximate surface area is 94.4 Å². The lowest BCUT2D eigenvalue weighted by Gasteiger charge is -2.18. The third kappa shape index (κ3) is 2.33. The van der Waals surface area contributed by atoms with Crippen LogP contribution < -0.4 is 9.47 Å². The van der Waals surface area contributed by atoms with E-state index in [0.29, 0.717) is 29.6 Å². The Morgan fingerprint density at radius 2 is 2.00 bits per heavy atom. The SMILES string of the molecule is O=C(O)CS(=O)c1ccc2c(c1)OCCO2. The zero-order chi connectivity index (χ0) is 11.5. The first-order chi connectivity index (χ1) is 7.66. The number of aliphatic carboxylic acids is 1. The molecule has 86 valence electrons. The van der Waals surface area contributed by atoms with Crippen LogP contribution in [0.15, 0.2) is 23.1 Å². The number of hydrogen-bond acceptors (Lipinski definition) is 4. The van der Waals surface area contributed by atoms with Crippen molar-refractivity contribution in [3.8, 4) is 11.5 Å². The van der Waals surface area contributed by atoms with Gasteiger partial charge in [0.05, 0.1) is 10.8 Å². The molecule has 0 aromatic heterocycles. The molecule has 1 aromatic carbocycles. The van der Waals surface area contributed by atoms with E-state index in [9.17, 15) is 9.00 Å². The summed E-state index contributed by atoms with van der Waals surface area (Å²) < 4.78 is 22.2. The number of carboxylic acid groups (broad SMARTS) is 1. The molecule has 1 aliphatic heterocycles. The van der Waals surface area contributed by atoms with Gasteiger partial charge in [-0.2, -0.15) is 0 Å². The van der Waals surface area contributed by atoms with Crippen molar-refractivity contribution in [3.05, 3.63) is 18.2 Å². The molecule has 1 aromatic rings. The highest BCUT2D eigenvalue weighted by atomic mass is 32.2. The lowest BCUT2D eigenvalue weighted by molar-refractivity contribution is -0.133. The molecule has 16 heavy (non-hydrogen) atoms. The lowest BCUT2D eigenvalue weighted by Crippen LogP contribution is -2.16. The second-order valence-corrected chi connectivity index (χ2v) is 4.64. The van der Waals surface area contributed by atoms with E-state index in [4.69, 9.17) is 14.6 Å². The normalized spacial score (nSPS) is 15.5. The zero-order valence-corrected chi connectivity index (χ0v) is 9.16. The van der Waals surface area contributed by atoms with Crippen molar-refractivity contribution in [2.24, 2.45) is 0 Å². The highest BCUT2D eigenvalue weighted by Gasteiger charge is 2.15. The van der Waals surface area contributed by atoms with Crippen LogP contribution in [0, 0.1) is 0 Å². The molecule has 2 rings (SSSR count). The Balaban J connectivity index is 2.23. The summed E-state index contributed by atoms with van der Waals surface area (Å²) in [6.45, 7) is 0.937. The first-order valence-electron chi connectivity index (χ1n) is 4.66. The molecule has 0 bridgehead atoms. The summed E-state index contributed by atoms with van der Waals surface area (Å²) >= 11 is 0. The molecule has 0 spiro atoms. The van der Waals surface area contributed by atoms with Gasteiger partial charge in [-0.15, -0.1) is 0 Å². The maximum Gasteiger partial charge on any atom is 0.316 e. The first-order valence-corrected chi connectivity index (χ1v) is 5.98. The number of carboxylic acids is 1. The van der Waals surface area contributed by atoms with E-state index in [1.807, 2.05) is 0 Å². The van der Waals surface area contributed by atoms with E-state index >= 15 is 0 Å². The quantitative estimate of drug-likeness (QED) is 0.842. The maximum atomic E-state index is 11.6. The van der Waals surface area contributed by atoms with Gasteiger partial charge in [0.25, 0.3) is 0 Å². The van der Waals surface area contributed by atoms with E-state index in [2.05, 4.69) is 0 Å². The number of carbonyl (C=O) groups is 1. The van der Waals surface area contributed by atoms with Crippen LogP contribution in [0.25, 0.3) is 0 Å². The summed E-state index contributed by atoms with van der Waals surface area (Å²) in [5, 5.41) is 8.53. The van der Waals surface area contributed by atoms with Crippen LogP contribution >= 0.6 is 0 Å². The van der Waals surface area contributed by atoms with Gasteiger partial charge in [-0.1, -0.05) is 0 Å². The Bertz CT molecular complexity index is 443. The molecule has 1 heterocycles. The number of fused-ring (bicyclic) bond motifs is 1. The highest BCUT2D eigenvalue weighted by molar-refractivity contribution is 7.85. The fraction of sp³-hybridized carbons (Fsp3) is 0.300. The average Bonchev–Trinajstić information content (AvgIpc) is 2.27. The molecule has 0 radical (unpaired) electrons. The smallest absolute Gasteiger partial charge is 0.316 e. The molecule has 1 N–H and O–H groups in total. The summed E-state index contributed by atoms with van der Waals surface area (Å²) in [4.78, 5) is 10.9. The highest BCUT2D eigenvalue weighted by Crippen LogP contribution is 2.31. The van der Waals surface area contributed by atoms with Crippen molar-refractivity contribution in [2.45, 2.75) is 4.90 Å². The predicted octanol–water partition coefficient (Wildman–Crippen LogP) is 0.650. The molecule has 1 aliphatic rings. The van der Waals surface area contributed by atoms with Gasteiger partial charge in [0.2, 0.25) is 0 Å². The molecule has 0 amide bonds. The second kappa shape index (κ2) is 4.52. The van der Waals surface area contributed by atoms with E-state index in [1.54, 1.807) is 18.2 Å². The van der Waals surface area contributed by atoms with Crippen LogP contribution in [-0.4, -0.2) is 34.3 Å². The van der Waals surface area contributed by atoms with E-state index in [0.717, 1.165) is 0 Å². The largest absolute Gasteiger partial charge is 0.486 e. The molecular weight excluding hydrogens is 232 g/mol. The summed E-state index contributed by atoms with van der Waals surface area (Å²) in [6, 6.07) is 4.80. The standard InChI is InChI=1S/C10H10O5S/c11-10(12)6-16(13)7-1-2-8-9(5-7)15-4-3-14-8/h1-2,5H,3-4,6H2,(H,11,12). The minimum absolute atomic E-state index is 0.403. The molecule has 0 aliphatic carbocycles. The molecule has 1 atom stereocenters. The van der Waals surface area contributed by atoms with E-state index in [1.165, 1.54) is 0 Å². The van der Waals surface area contributed by atoms with Crippen LogP contribution in [0.2, 0.25) is 0 Å². The van der Waals surface area contributed by atoms with Crippen LogP contribution in [0.1, 0.15) is 0 Å². The minimum Gasteiger partial charge on any atom is -0.486 e. The second-order valence-electron chi connectivity index (χ2n) is 3.19. The van der Waals surface area contributed by atoms with Gasteiger partial charge in [-0.25, -0.2) is 0 Å². The van der Waals surface area contributed by atoms with E-state index in [-0.39, 0.29) is 0 Å². The van der Waals surface area contributed by atoms with Crippen molar-refractivity contribution in [2.75, 3.05) is 19.0 Å². The van der Waals surface area contributed by atoms with Gasteiger partial charge in [0.15, 0.2) is 11.5 Å². The first kappa shape index (κ1) is 10.9. The minimum atomic E-state index is -1.55. The van der Waals surface area contributed by atoms with Crippen molar-refractivity contribution < 1.29 is 23.6 Å². The van der Waals surface area contributed by atoms with Crippen molar-refractivity contribution in [1.82, 2.24) is 0 Å². The molecule has 0 fully saturated rings. The molecule has 6 heteroatoms. The Morgan fingerprint density at radius 3 is 2.69 bits per heavy atom. The van der Waals surface area contributed by atoms with Gasteiger partial charge in [-0.05, 0) is 12.1 Å². The van der Waals surface area contributed by atoms with Crippen LogP contribution in [0.5, 0.6) is 11.5 Å². The fourth-order valence-electron chi connectivity index (χ4n) is 1.36. The number of rotatable bonds is 3. The Kier molecular flexibility index (Phi) is 3.09. The van der Waals surface area contributed by atoms with Gasteiger partial charge in [0, 0.05) is 11.0 Å². The monoisotopic (exact) mass is 242 g/mol. The number of hydrogen-bond donors (Lipinski definition) is 1. The summed E-state index contributed by atoms with van der Waals surface area (Å²) in [5.74, 6) is -0.377. The average molecular weight is 242 g/mol. The molecule has 0 saturated carbocycles. The molecule has 1 unspecified atom stereocenters. The molecule has 5 nitrogen and oxygen atoms in total. The fourth-order valence-corrected chi connectivity index (χ4v) is 2.21. The topological polar surface area (TPSA) is 72.8 Å². The maximum absolute atomic E-state index is 11.6. The van der Waals surface area contributed by atoms with Crippen LogP contribution in [0.3, 0.4) is 0 Å². The molecule has 0 saturated heterocycles. The van der Waals surface area contributed by atoms with Gasteiger partial charge in [-0.3, -0.25) is 9.00 Å².